The summed E-state index contributed by atoms with van der Waals surface area (Å²) in [4.78, 5) is 35.0. The average Bonchev–Trinajstić information content (AvgIpc) is 2.38. The fourth-order valence-corrected chi connectivity index (χ4v) is 0.911. The smallest absolute Gasteiger partial charge is 0.357 e. The second-order valence-corrected chi connectivity index (χ2v) is 3.34. The topological polar surface area (TPSA) is 127 Å². The Morgan fingerprint density at radius 3 is 1.89 bits per heavy atom. The van der Waals surface area contributed by atoms with Crippen LogP contribution in [0.3, 0.4) is 0 Å². The summed E-state index contributed by atoms with van der Waals surface area (Å²) in [6.45, 7) is 4.60. The SMILES string of the molecule is C=C(C)C(=O)O.NOC(=O)c1ccccc1C(=O)O. The summed E-state index contributed by atoms with van der Waals surface area (Å²) in [6, 6.07) is 5.67. The molecule has 0 heterocycles. The Balaban J connectivity index is 0.000000459. The van der Waals surface area contributed by atoms with Crippen LogP contribution < -0.4 is 5.90 Å². The molecular formula is C12H13NO6. The Morgan fingerprint density at radius 2 is 1.58 bits per heavy atom. The summed E-state index contributed by atoms with van der Waals surface area (Å²) < 4.78 is 0. The van der Waals surface area contributed by atoms with Crippen LogP contribution in [0.25, 0.3) is 0 Å². The van der Waals surface area contributed by atoms with Gasteiger partial charge < -0.3 is 15.1 Å². The molecule has 0 fully saturated rings. The van der Waals surface area contributed by atoms with Crippen LogP contribution in [-0.4, -0.2) is 28.1 Å². The van der Waals surface area contributed by atoms with Gasteiger partial charge in [0.25, 0.3) is 0 Å². The van der Waals surface area contributed by atoms with E-state index in [-0.39, 0.29) is 16.7 Å². The molecular weight excluding hydrogens is 254 g/mol. The summed E-state index contributed by atoms with van der Waals surface area (Å²) in [6.07, 6.45) is 0. The van der Waals surface area contributed by atoms with Gasteiger partial charge in [0.1, 0.15) is 0 Å². The van der Waals surface area contributed by atoms with E-state index in [1.807, 2.05) is 0 Å². The summed E-state index contributed by atoms with van der Waals surface area (Å²) in [5.74, 6) is 1.64. The van der Waals surface area contributed by atoms with Crippen molar-refractivity contribution in [2.24, 2.45) is 5.90 Å². The molecule has 0 bridgehead atoms. The van der Waals surface area contributed by atoms with E-state index in [1.165, 1.54) is 31.2 Å². The van der Waals surface area contributed by atoms with E-state index in [9.17, 15) is 14.4 Å². The van der Waals surface area contributed by atoms with Crippen LogP contribution in [-0.2, 0) is 9.63 Å². The molecule has 0 atom stereocenters. The lowest BCUT2D eigenvalue weighted by Crippen LogP contribution is -2.14. The van der Waals surface area contributed by atoms with Gasteiger partial charge in [-0.15, -0.1) is 0 Å². The van der Waals surface area contributed by atoms with Gasteiger partial charge in [0, 0.05) is 5.57 Å². The highest BCUT2D eigenvalue weighted by Crippen LogP contribution is 2.09. The maximum Gasteiger partial charge on any atom is 0.357 e. The van der Waals surface area contributed by atoms with Gasteiger partial charge in [0.15, 0.2) is 0 Å². The van der Waals surface area contributed by atoms with E-state index in [4.69, 9.17) is 10.2 Å². The van der Waals surface area contributed by atoms with Crippen molar-refractivity contribution in [2.45, 2.75) is 6.92 Å². The Bertz CT molecular complexity index is 497. The average molecular weight is 267 g/mol. The third-order valence-electron chi connectivity index (χ3n) is 1.85. The molecule has 4 N–H and O–H groups in total. The molecule has 0 aliphatic rings. The third kappa shape index (κ3) is 5.46. The van der Waals surface area contributed by atoms with Crippen molar-refractivity contribution < 1.29 is 29.4 Å². The van der Waals surface area contributed by atoms with Gasteiger partial charge >= 0.3 is 17.9 Å². The van der Waals surface area contributed by atoms with Gasteiger partial charge in [-0.25, -0.2) is 14.4 Å². The molecule has 1 rings (SSSR count). The monoisotopic (exact) mass is 267 g/mol. The van der Waals surface area contributed by atoms with Gasteiger partial charge in [0.2, 0.25) is 0 Å². The second kappa shape index (κ2) is 7.62. The van der Waals surface area contributed by atoms with E-state index in [0.29, 0.717) is 0 Å². The Labute approximate surface area is 108 Å². The highest BCUT2D eigenvalue weighted by molar-refractivity contribution is 6.02. The number of carbonyl (C=O) groups excluding carboxylic acids is 1. The van der Waals surface area contributed by atoms with Crippen molar-refractivity contribution in [3.05, 3.63) is 47.5 Å². The number of carbonyl (C=O) groups is 3. The molecule has 1 aromatic rings. The quantitative estimate of drug-likeness (QED) is 0.552. The fraction of sp³-hybridized carbons (Fsp3) is 0.0833. The van der Waals surface area contributed by atoms with E-state index in [1.54, 1.807) is 0 Å². The third-order valence-corrected chi connectivity index (χ3v) is 1.85. The summed E-state index contributed by atoms with van der Waals surface area (Å²) >= 11 is 0. The van der Waals surface area contributed by atoms with E-state index < -0.39 is 17.9 Å². The van der Waals surface area contributed by atoms with Crippen LogP contribution in [0.5, 0.6) is 0 Å². The van der Waals surface area contributed by atoms with Crippen LogP contribution in [0.4, 0.5) is 0 Å². The van der Waals surface area contributed by atoms with Crippen LogP contribution in [0.15, 0.2) is 36.4 Å². The van der Waals surface area contributed by atoms with E-state index in [0.717, 1.165) is 0 Å². The van der Waals surface area contributed by atoms with Crippen molar-refractivity contribution >= 4 is 17.9 Å². The molecule has 19 heavy (non-hydrogen) atoms. The summed E-state index contributed by atoms with van der Waals surface area (Å²) in [5.41, 5.74) is -0.00884. The Hall–Kier alpha value is -2.67. The maximum atomic E-state index is 10.9. The molecule has 0 aliphatic heterocycles. The maximum absolute atomic E-state index is 10.9. The first-order valence-electron chi connectivity index (χ1n) is 4.93. The lowest BCUT2D eigenvalue weighted by Gasteiger charge is -2.01. The zero-order valence-corrected chi connectivity index (χ0v) is 10.1. The van der Waals surface area contributed by atoms with E-state index in [2.05, 4.69) is 17.3 Å². The molecule has 0 aromatic heterocycles. The molecule has 0 saturated heterocycles. The van der Waals surface area contributed by atoms with Crippen molar-refractivity contribution in [3.63, 3.8) is 0 Å². The number of carboxylic acid groups (broad SMARTS) is 2. The zero-order valence-electron chi connectivity index (χ0n) is 10.1. The molecule has 0 spiro atoms. The van der Waals surface area contributed by atoms with Gasteiger partial charge in [-0.05, 0) is 19.1 Å². The molecule has 1 aromatic carbocycles. The minimum Gasteiger partial charge on any atom is -0.478 e. The molecule has 0 aliphatic carbocycles. The molecule has 0 unspecified atom stereocenters. The largest absolute Gasteiger partial charge is 0.478 e. The molecule has 7 heteroatoms. The van der Waals surface area contributed by atoms with Gasteiger partial charge in [0.05, 0.1) is 11.1 Å². The number of nitrogens with two attached hydrogens (primary N) is 1. The van der Waals surface area contributed by atoms with Crippen molar-refractivity contribution in [1.82, 2.24) is 0 Å². The Kier molecular flexibility index (Phi) is 6.55. The summed E-state index contributed by atoms with van der Waals surface area (Å²) in [5, 5.41) is 16.6. The van der Waals surface area contributed by atoms with Crippen LogP contribution in [0, 0.1) is 0 Å². The summed E-state index contributed by atoms with van der Waals surface area (Å²) in [7, 11) is 0. The number of benzene rings is 1. The number of hydrogen-bond donors (Lipinski definition) is 3. The number of hydrogen-bond acceptors (Lipinski definition) is 5. The molecule has 102 valence electrons. The fourth-order valence-electron chi connectivity index (χ4n) is 0.911. The van der Waals surface area contributed by atoms with Crippen molar-refractivity contribution in [1.29, 1.82) is 0 Å². The van der Waals surface area contributed by atoms with Crippen molar-refractivity contribution in [3.8, 4) is 0 Å². The predicted octanol–water partition coefficient (Wildman–Crippen LogP) is 1.06. The highest BCUT2D eigenvalue weighted by Gasteiger charge is 2.15. The lowest BCUT2D eigenvalue weighted by molar-refractivity contribution is -0.132. The number of aromatic carboxylic acids is 1. The second-order valence-electron chi connectivity index (χ2n) is 3.34. The first-order valence-corrected chi connectivity index (χ1v) is 4.93. The molecule has 0 amide bonds. The van der Waals surface area contributed by atoms with Crippen LogP contribution >= 0.6 is 0 Å². The molecule has 0 radical (unpaired) electrons. The van der Waals surface area contributed by atoms with Crippen LogP contribution in [0.1, 0.15) is 27.6 Å². The Morgan fingerprint density at radius 1 is 1.16 bits per heavy atom. The predicted molar refractivity (Wildman–Crippen MR) is 65.5 cm³/mol. The van der Waals surface area contributed by atoms with Gasteiger partial charge in [-0.2, -0.15) is 5.90 Å². The van der Waals surface area contributed by atoms with Gasteiger partial charge in [-0.1, -0.05) is 18.7 Å². The molecule has 0 saturated carbocycles. The zero-order chi connectivity index (χ0) is 15.0. The number of rotatable bonds is 3. The highest BCUT2D eigenvalue weighted by atomic mass is 16.7. The minimum absolute atomic E-state index is 0.0579. The van der Waals surface area contributed by atoms with Crippen molar-refractivity contribution in [2.75, 3.05) is 0 Å². The minimum atomic E-state index is -1.19. The van der Waals surface area contributed by atoms with Crippen LogP contribution in [0.2, 0.25) is 0 Å². The normalized spacial score (nSPS) is 8.74. The number of aliphatic carboxylic acids is 1. The van der Waals surface area contributed by atoms with Gasteiger partial charge in [-0.3, -0.25) is 0 Å². The first-order chi connectivity index (χ1) is 8.81. The first kappa shape index (κ1) is 16.3. The lowest BCUT2D eigenvalue weighted by atomic mass is 10.1. The standard InChI is InChI=1S/C8H7NO4.C4H6O2/c9-13-8(12)6-4-2-1-3-5(6)7(10)11;1-3(2)4(5)6/h1-4H,9H2,(H,10,11);1H2,2H3,(H,5,6). The van der Waals surface area contributed by atoms with E-state index >= 15 is 0 Å². The number of carboxylic acids is 2. The molecule has 7 nitrogen and oxygen atoms in total.